The summed E-state index contributed by atoms with van der Waals surface area (Å²) in [5.41, 5.74) is 0.871. The molecule has 2 N–H and O–H groups in total. The Bertz CT molecular complexity index is 670. The molecule has 0 saturated carbocycles. The highest BCUT2D eigenvalue weighted by Gasteiger charge is 2.42. The first-order chi connectivity index (χ1) is 9.96. The molecule has 0 heterocycles. The van der Waals surface area contributed by atoms with E-state index in [-0.39, 0.29) is 11.1 Å². The van der Waals surface area contributed by atoms with Crippen molar-refractivity contribution in [2.45, 2.75) is 5.79 Å². The molecule has 106 valence electrons. The average Bonchev–Trinajstić information content (AvgIpc) is 2.54. The molecule has 0 atom stereocenters. The van der Waals surface area contributed by atoms with Crippen LogP contribution in [0.25, 0.3) is 6.08 Å². The molecule has 0 bridgehead atoms. The fourth-order valence-corrected chi connectivity index (χ4v) is 1.87. The van der Waals surface area contributed by atoms with Crippen LogP contribution in [0.4, 0.5) is 0 Å². The van der Waals surface area contributed by atoms with Crippen molar-refractivity contribution in [3.8, 4) is 0 Å². The van der Waals surface area contributed by atoms with Crippen LogP contribution in [0.5, 0.6) is 0 Å². The number of benzene rings is 2. The Kier molecular flexibility index (Phi) is 4.12. The van der Waals surface area contributed by atoms with E-state index in [4.69, 9.17) is 0 Å². The van der Waals surface area contributed by atoms with Crippen molar-refractivity contribution >= 4 is 17.6 Å². The van der Waals surface area contributed by atoms with E-state index >= 15 is 0 Å². The number of aliphatic hydroxyl groups is 2. The van der Waals surface area contributed by atoms with Crippen LogP contribution in [0.15, 0.2) is 61.2 Å². The summed E-state index contributed by atoms with van der Waals surface area (Å²) in [5.74, 6) is -5.20. The number of ketones is 2. The molecule has 4 nitrogen and oxygen atoms in total. The standard InChI is InChI=1S/C17H14O4/c1-2-12-8-10-14(11-9-12)16(19)17(20,21)15(18)13-6-4-3-5-7-13/h2-11,20-21H,1H2. The van der Waals surface area contributed by atoms with E-state index in [0.29, 0.717) is 0 Å². The molecule has 0 aliphatic carbocycles. The highest BCUT2D eigenvalue weighted by Crippen LogP contribution is 2.18. The highest BCUT2D eigenvalue weighted by atomic mass is 16.5. The van der Waals surface area contributed by atoms with Gasteiger partial charge in [-0.15, -0.1) is 0 Å². The van der Waals surface area contributed by atoms with E-state index in [1.165, 1.54) is 24.3 Å². The van der Waals surface area contributed by atoms with Gasteiger partial charge < -0.3 is 10.2 Å². The smallest absolute Gasteiger partial charge is 0.294 e. The van der Waals surface area contributed by atoms with Gasteiger partial charge in [-0.3, -0.25) is 9.59 Å². The summed E-state index contributed by atoms with van der Waals surface area (Å²) in [4.78, 5) is 24.2. The Labute approximate surface area is 122 Å². The topological polar surface area (TPSA) is 74.6 Å². The van der Waals surface area contributed by atoms with E-state index in [2.05, 4.69) is 6.58 Å². The molecule has 2 rings (SSSR count). The molecule has 0 unspecified atom stereocenters. The second-order valence-electron chi connectivity index (χ2n) is 4.52. The quantitative estimate of drug-likeness (QED) is 0.500. The molecule has 0 spiro atoms. The number of Topliss-reactive ketones (excluding diaryl/α,β-unsaturated/α-hetero) is 2. The van der Waals surface area contributed by atoms with E-state index in [9.17, 15) is 19.8 Å². The van der Waals surface area contributed by atoms with Gasteiger partial charge in [0, 0.05) is 11.1 Å². The van der Waals surface area contributed by atoms with Gasteiger partial charge in [0.25, 0.3) is 5.79 Å². The second-order valence-corrected chi connectivity index (χ2v) is 4.52. The Hall–Kier alpha value is -2.56. The first-order valence-electron chi connectivity index (χ1n) is 6.28. The first-order valence-corrected chi connectivity index (χ1v) is 6.28. The van der Waals surface area contributed by atoms with Gasteiger partial charge in [-0.25, -0.2) is 0 Å². The third-order valence-corrected chi connectivity index (χ3v) is 3.08. The van der Waals surface area contributed by atoms with E-state index in [1.54, 1.807) is 36.4 Å². The van der Waals surface area contributed by atoms with Crippen molar-refractivity contribution in [1.82, 2.24) is 0 Å². The molecular formula is C17H14O4. The Balaban J connectivity index is 2.31. The molecule has 21 heavy (non-hydrogen) atoms. The molecule has 2 aromatic carbocycles. The van der Waals surface area contributed by atoms with Crippen molar-refractivity contribution < 1.29 is 19.8 Å². The SMILES string of the molecule is C=Cc1ccc(C(=O)C(O)(O)C(=O)c2ccccc2)cc1. The third-order valence-electron chi connectivity index (χ3n) is 3.08. The minimum atomic E-state index is -3.09. The van der Waals surface area contributed by atoms with Gasteiger partial charge in [-0.1, -0.05) is 67.3 Å². The zero-order valence-corrected chi connectivity index (χ0v) is 11.2. The Morgan fingerprint density at radius 2 is 1.33 bits per heavy atom. The zero-order valence-electron chi connectivity index (χ0n) is 11.2. The molecule has 0 amide bonds. The van der Waals surface area contributed by atoms with Crippen LogP contribution in [-0.4, -0.2) is 27.6 Å². The summed E-state index contributed by atoms with van der Waals surface area (Å²) in [6.07, 6.45) is 1.59. The molecule has 4 heteroatoms. The lowest BCUT2D eigenvalue weighted by Gasteiger charge is -2.18. The number of hydrogen-bond acceptors (Lipinski definition) is 4. The number of hydrogen-bond donors (Lipinski definition) is 2. The number of rotatable bonds is 5. The van der Waals surface area contributed by atoms with Gasteiger partial charge in [0.15, 0.2) is 0 Å². The summed E-state index contributed by atoms with van der Waals surface area (Å²) >= 11 is 0. The van der Waals surface area contributed by atoms with Crippen LogP contribution in [-0.2, 0) is 0 Å². The van der Waals surface area contributed by atoms with Crippen LogP contribution in [0, 0.1) is 0 Å². The lowest BCUT2D eigenvalue weighted by atomic mass is 9.95. The predicted molar refractivity (Wildman–Crippen MR) is 78.8 cm³/mol. The third kappa shape index (κ3) is 2.97. The number of carbonyl (C=O) groups is 2. The summed E-state index contributed by atoms with van der Waals surface area (Å²) in [6.45, 7) is 3.58. The highest BCUT2D eigenvalue weighted by molar-refractivity contribution is 6.20. The molecule has 0 aromatic heterocycles. The minimum Gasteiger partial charge on any atom is -0.353 e. The lowest BCUT2D eigenvalue weighted by molar-refractivity contribution is -0.0889. The first kappa shape index (κ1) is 14.8. The van der Waals surface area contributed by atoms with Crippen LogP contribution < -0.4 is 0 Å². The second kappa shape index (κ2) is 5.83. The maximum atomic E-state index is 12.1. The fourth-order valence-electron chi connectivity index (χ4n) is 1.87. The monoisotopic (exact) mass is 282 g/mol. The summed E-state index contributed by atoms with van der Waals surface area (Å²) in [5, 5.41) is 19.8. The molecule has 0 saturated heterocycles. The lowest BCUT2D eigenvalue weighted by Crippen LogP contribution is -2.46. The van der Waals surface area contributed by atoms with Crippen LogP contribution in [0.1, 0.15) is 26.3 Å². The minimum absolute atomic E-state index is 0.0369. The number of carbonyl (C=O) groups excluding carboxylic acids is 2. The fraction of sp³-hybridized carbons (Fsp3) is 0.0588. The molecule has 0 radical (unpaired) electrons. The maximum absolute atomic E-state index is 12.1. The van der Waals surface area contributed by atoms with Gasteiger partial charge in [-0.05, 0) is 5.56 Å². The van der Waals surface area contributed by atoms with Gasteiger partial charge in [-0.2, -0.15) is 0 Å². The van der Waals surface area contributed by atoms with E-state index in [0.717, 1.165) is 5.56 Å². The van der Waals surface area contributed by atoms with Crippen LogP contribution in [0.2, 0.25) is 0 Å². The average molecular weight is 282 g/mol. The van der Waals surface area contributed by atoms with Crippen molar-refractivity contribution in [2.24, 2.45) is 0 Å². The molecule has 0 aliphatic heterocycles. The van der Waals surface area contributed by atoms with E-state index in [1.807, 2.05) is 0 Å². The van der Waals surface area contributed by atoms with Gasteiger partial charge >= 0.3 is 0 Å². The predicted octanol–water partition coefficient (Wildman–Crippen LogP) is 2.08. The molecular weight excluding hydrogens is 268 g/mol. The normalized spacial score (nSPS) is 11.0. The summed E-state index contributed by atoms with van der Waals surface area (Å²) in [7, 11) is 0. The van der Waals surface area contributed by atoms with Crippen molar-refractivity contribution in [3.63, 3.8) is 0 Å². The largest absolute Gasteiger partial charge is 0.353 e. The van der Waals surface area contributed by atoms with Crippen molar-refractivity contribution in [3.05, 3.63) is 77.9 Å². The van der Waals surface area contributed by atoms with Crippen molar-refractivity contribution in [1.29, 1.82) is 0 Å². The van der Waals surface area contributed by atoms with Gasteiger partial charge in [0.1, 0.15) is 0 Å². The van der Waals surface area contributed by atoms with E-state index < -0.39 is 17.4 Å². The Morgan fingerprint density at radius 3 is 1.81 bits per heavy atom. The van der Waals surface area contributed by atoms with Crippen LogP contribution >= 0.6 is 0 Å². The van der Waals surface area contributed by atoms with Gasteiger partial charge in [0.05, 0.1) is 0 Å². The van der Waals surface area contributed by atoms with Crippen molar-refractivity contribution in [2.75, 3.05) is 0 Å². The molecule has 2 aromatic rings. The maximum Gasteiger partial charge on any atom is 0.294 e. The molecule has 0 aliphatic rings. The summed E-state index contributed by atoms with van der Waals surface area (Å²) < 4.78 is 0. The zero-order chi connectivity index (χ0) is 15.5. The van der Waals surface area contributed by atoms with Crippen LogP contribution in [0.3, 0.4) is 0 Å². The summed E-state index contributed by atoms with van der Waals surface area (Å²) in [6, 6.07) is 13.7. The van der Waals surface area contributed by atoms with Gasteiger partial charge in [0.2, 0.25) is 11.6 Å². The Morgan fingerprint density at radius 1 is 0.857 bits per heavy atom. The molecule has 0 fully saturated rings.